The number of ether oxygens (including phenoxy) is 1. The number of nitrogens with one attached hydrogen (secondary N) is 1. The summed E-state index contributed by atoms with van der Waals surface area (Å²) in [5.74, 6) is 0. The van der Waals surface area contributed by atoms with E-state index in [9.17, 15) is 18.5 Å². The number of non-ortho nitro benzene ring substituents is 1. The van der Waals surface area contributed by atoms with Gasteiger partial charge in [0.15, 0.2) is 0 Å². The van der Waals surface area contributed by atoms with Crippen molar-refractivity contribution >= 4 is 21.4 Å². The van der Waals surface area contributed by atoms with Gasteiger partial charge in [0, 0.05) is 25.8 Å². The fourth-order valence-corrected chi connectivity index (χ4v) is 2.52. The quantitative estimate of drug-likeness (QED) is 0.446. The summed E-state index contributed by atoms with van der Waals surface area (Å²) in [5.41, 5.74) is 5.15. The molecule has 19 heavy (non-hydrogen) atoms. The maximum atomic E-state index is 12.0. The van der Waals surface area contributed by atoms with Crippen molar-refractivity contribution < 1.29 is 18.1 Å². The molecule has 1 atom stereocenters. The number of anilines is 1. The van der Waals surface area contributed by atoms with Crippen LogP contribution in [0.4, 0.5) is 11.4 Å². The molecule has 0 spiro atoms. The minimum absolute atomic E-state index is 0.0426. The molecule has 0 saturated heterocycles. The molecule has 0 fully saturated rings. The summed E-state index contributed by atoms with van der Waals surface area (Å²) >= 11 is 0. The van der Waals surface area contributed by atoms with E-state index < -0.39 is 14.9 Å². The van der Waals surface area contributed by atoms with E-state index in [-0.39, 0.29) is 28.9 Å². The Labute approximate surface area is 110 Å². The molecule has 9 heteroatoms. The van der Waals surface area contributed by atoms with Gasteiger partial charge in [-0.1, -0.05) is 0 Å². The molecule has 8 nitrogen and oxygen atoms in total. The van der Waals surface area contributed by atoms with Crippen molar-refractivity contribution in [1.29, 1.82) is 0 Å². The van der Waals surface area contributed by atoms with Crippen LogP contribution in [0, 0.1) is 10.1 Å². The molecule has 0 aliphatic carbocycles. The van der Waals surface area contributed by atoms with Gasteiger partial charge >= 0.3 is 0 Å². The molecule has 0 aliphatic rings. The van der Waals surface area contributed by atoms with Crippen LogP contribution in [0.15, 0.2) is 23.1 Å². The van der Waals surface area contributed by atoms with Gasteiger partial charge in [0.2, 0.25) is 10.0 Å². The molecule has 106 valence electrons. The number of nitro groups is 1. The third-order valence-electron chi connectivity index (χ3n) is 2.46. The highest BCUT2D eigenvalue weighted by Crippen LogP contribution is 2.23. The molecular formula is C10H15N3O5S. The minimum Gasteiger partial charge on any atom is -0.398 e. The highest BCUT2D eigenvalue weighted by atomic mass is 32.2. The fourth-order valence-electron chi connectivity index (χ4n) is 1.26. The van der Waals surface area contributed by atoms with E-state index in [1.807, 2.05) is 0 Å². The fraction of sp³-hybridized carbons (Fsp3) is 0.400. The number of rotatable bonds is 6. The first kappa shape index (κ1) is 15.3. The van der Waals surface area contributed by atoms with Crippen LogP contribution < -0.4 is 10.5 Å². The van der Waals surface area contributed by atoms with Crippen molar-refractivity contribution in [1.82, 2.24) is 4.72 Å². The van der Waals surface area contributed by atoms with Crippen LogP contribution in [0.2, 0.25) is 0 Å². The Balaban J connectivity index is 3.06. The normalized spacial score (nSPS) is 13.2. The number of nitro benzene ring substituents is 1. The molecule has 0 bridgehead atoms. The summed E-state index contributed by atoms with van der Waals surface area (Å²) in [6.45, 7) is 1.72. The van der Waals surface area contributed by atoms with Crippen LogP contribution in [0.5, 0.6) is 0 Å². The predicted octanol–water partition coefficient (Wildman–Crippen LogP) is 0.490. The van der Waals surface area contributed by atoms with Gasteiger partial charge in [-0.2, -0.15) is 0 Å². The number of nitrogen functional groups attached to an aromatic ring is 1. The molecule has 0 heterocycles. The van der Waals surface area contributed by atoms with Gasteiger partial charge < -0.3 is 10.5 Å². The van der Waals surface area contributed by atoms with E-state index >= 15 is 0 Å². The van der Waals surface area contributed by atoms with Crippen molar-refractivity contribution in [2.75, 3.05) is 19.4 Å². The van der Waals surface area contributed by atoms with Gasteiger partial charge in [0.25, 0.3) is 5.69 Å². The van der Waals surface area contributed by atoms with Crippen molar-refractivity contribution in [3.05, 3.63) is 28.3 Å². The number of sulfonamides is 1. The van der Waals surface area contributed by atoms with Crippen LogP contribution in [0.25, 0.3) is 0 Å². The lowest BCUT2D eigenvalue weighted by Crippen LogP contribution is -2.32. The molecule has 0 amide bonds. The second kappa shape index (κ2) is 5.95. The smallest absolute Gasteiger partial charge is 0.270 e. The molecule has 3 N–H and O–H groups in total. The highest BCUT2D eigenvalue weighted by Gasteiger charge is 2.21. The van der Waals surface area contributed by atoms with E-state index in [4.69, 9.17) is 10.5 Å². The van der Waals surface area contributed by atoms with E-state index in [1.54, 1.807) is 6.92 Å². The summed E-state index contributed by atoms with van der Waals surface area (Å²) in [6.07, 6.45) is -0.324. The monoisotopic (exact) mass is 289 g/mol. The van der Waals surface area contributed by atoms with Crippen LogP contribution >= 0.6 is 0 Å². The molecule has 1 aromatic rings. The Kier molecular flexibility index (Phi) is 4.81. The summed E-state index contributed by atoms with van der Waals surface area (Å²) in [5, 5.41) is 10.6. The number of nitrogens with zero attached hydrogens (tertiary/aromatic N) is 1. The van der Waals surface area contributed by atoms with Crippen LogP contribution in [-0.2, 0) is 14.8 Å². The first-order valence-corrected chi connectivity index (χ1v) is 6.82. The van der Waals surface area contributed by atoms with Crippen LogP contribution in [0.1, 0.15) is 6.92 Å². The lowest BCUT2D eigenvalue weighted by Gasteiger charge is -2.12. The predicted molar refractivity (Wildman–Crippen MR) is 69.2 cm³/mol. The van der Waals surface area contributed by atoms with Crippen LogP contribution in [0.3, 0.4) is 0 Å². The number of benzene rings is 1. The molecule has 1 unspecified atom stereocenters. The average molecular weight is 289 g/mol. The molecule has 1 rings (SSSR count). The zero-order valence-corrected chi connectivity index (χ0v) is 11.3. The third-order valence-corrected chi connectivity index (χ3v) is 3.94. The number of nitrogens with two attached hydrogens (primary N) is 1. The summed E-state index contributed by atoms with van der Waals surface area (Å²) in [7, 11) is -2.47. The van der Waals surface area contributed by atoms with Gasteiger partial charge in [0.05, 0.1) is 16.7 Å². The highest BCUT2D eigenvalue weighted by molar-refractivity contribution is 7.89. The van der Waals surface area contributed by atoms with Gasteiger partial charge in [-0.3, -0.25) is 10.1 Å². The largest absolute Gasteiger partial charge is 0.398 e. The summed E-state index contributed by atoms with van der Waals surface area (Å²) < 4.78 is 31.1. The van der Waals surface area contributed by atoms with Gasteiger partial charge in [0.1, 0.15) is 4.90 Å². The second-order valence-electron chi connectivity index (χ2n) is 3.88. The zero-order chi connectivity index (χ0) is 14.6. The topological polar surface area (TPSA) is 125 Å². The third kappa shape index (κ3) is 3.88. The van der Waals surface area contributed by atoms with Crippen molar-refractivity contribution in [2.24, 2.45) is 0 Å². The lowest BCUT2D eigenvalue weighted by atomic mass is 10.3. The zero-order valence-electron chi connectivity index (χ0n) is 10.5. The molecule has 0 radical (unpaired) electrons. The van der Waals surface area contributed by atoms with E-state index in [2.05, 4.69) is 4.72 Å². The number of hydrogen-bond donors (Lipinski definition) is 2. The second-order valence-corrected chi connectivity index (χ2v) is 5.61. The van der Waals surface area contributed by atoms with E-state index in [1.165, 1.54) is 13.2 Å². The molecule has 1 aromatic carbocycles. The van der Waals surface area contributed by atoms with Gasteiger partial charge in [-0.15, -0.1) is 0 Å². The Morgan fingerprint density at radius 2 is 2.16 bits per heavy atom. The van der Waals surface area contributed by atoms with Gasteiger partial charge in [-0.25, -0.2) is 13.1 Å². The molecular weight excluding hydrogens is 274 g/mol. The van der Waals surface area contributed by atoms with Crippen LogP contribution in [-0.4, -0.2) is 33.1 Å². The number of methoxy groups -OCH3 is 1. The van der Waals surface area contributed by atoms with Crippen molar-refractivity contribution in [2.45, 2.75) is 17.9 Å². The molecule has 0 aliphatic heterocycles. The summed E-state index contributed by atoms with van der Waals surface area (Å²) in [4.78, 5) is 9.63. The standard InChI is InChI=1S/C10H15N3O5S/c1-7(18-2)6-12-19(16,17)10-5-8(13(14)15)3-4-9(10)11/h3-5,7,12H,6,11H2,1-2H3. The lowest BCUT2D eigenvalue weighted by molar-refractivity contribution is -0.385. The average Bonchev–Trinajstić information content (AvgIpc) is 2.36. The summed E-state index contributed by atoms with van der Waals surface area (Å²) in [6, 6.07) is 3.26. The van der Waals surface area contributed by atoms with E-state index in [0.717, 1.165) is 12.1 Å². The Hall–Kier alpha value is -1.71. The first-order valence-electron chi connectivity index (χ1n) is 5.34. The maximum Gasteiger partial charge on any atom is 0.270 e. The van der Waals surface area contributed by atoms with Gasteiger partial charge in [-0.05, 0) is 13.0 Å². The SMILES string of the molecule is COC(C)CNS(=O)(=O)c1cc([N+](=O)[O-])ccc1N. The Morgan fingerprint density at radius 1 is 1.53 bits per heavy atom. The Morgan fingerprint density at radius 3 is 2.68 bits per heavy atom. The van der Waals surface area contributed by atoms with Crippen molar-refractivity contribution in [3.63, 3.8) is 0 Å². The molecule has 0 aromatic heterocycles. The Bertz CT molecular complexity index is 573. The minimum atomic E-state index is -3.91. The number of hydrogen-bond acceptors (Lipinski definition) is 6. The maximum absolute atomic E-state index is 12.0. The van der Waals surface area contributed by atoms with Crippen molar-refractivity contribution in [3.8, 4) is 0 Å². The molecule has 0 saturated carbocycles. The van der Waals surface area contributed by atoms with E-state index in [0.29, 0.717) is 0 Å². The first-order chi connectivity index (χ1) is 8.77.